The van der Waals surface area contributed by atoms with E-state index in [2.05, 4.69) is 0 Å². The number of rotatable bonds is 3. The average Bonchev–Trinajstić information content (AvgIpc) is 2.95. The summed E-state index contributed by atoms with van der Waals surface area (Å²) in [6, 6.07) is 3.64. The Morgan fingerprint density at radius 2 is 1.91 bits per heavy atom. The highest BCUT2D eigenvalue weighted by molar-refractivity contribution is 5.92. The van der Waals surface area contributed by atoms with Gasteiger partial charge in [-0.1, -0.05) is 6.07 Å². The molecule has 0 radical (unpaired) electrons. The van der Waals surface area contributed by atoms with Crippen LogP contribution in [0.3, 0.4) is 0 Å². The molecular formula is C16H14F2N2O2. The zero-order valence-corrected chi connectivity index (χ0v) is 11.7. The van der Waals surface area contributed by atoms with Gasteiger partial charge in [-0.3, -0.25) is 9.59 Å². The van der Waals surface area contributed by atoms with E-state index in [0.29, 0.717) is 18.4 Å². The molecule has 1 aromatic heterocycles. The van der Waals surface area contributed by atoms with E-state index < -0.39 is 17.5 Å². The van der Waals surface area contributed by atoms with Gasteiger partial charge in [-0.05, 0) is 31.4 Å². The maximum absolute atomic E-state index is 13.8. The molecule has 2 aromatic rings. The highest BCUT2D eigenvalue weighted by Gasteiger charge is 2.23. The minimum absolute atomic E-state index is 0.0819. The third-order valence-electron chi connectivity index (χ3n) is 3.99. The summed E-state index contributed by atoms with van der Waals surface area (Å²) in [5.41, 5.74) is 5.86. The molecule has 4 nitrogen and oxygen atoms in total. The van der Waals surface area contributed by atoms with Crippen LogP contribution < -0.4 is 11.2 Å². The number of amides is 1. The second kappa shape index (κ2) is 5.36. The number of carbonyl (C=O) groups is 1. The predicted octanol–water partition coefficient (Wildman–Crippen LogP) is 1.76. The van der Waals surface area contributed by atoms with Crippen LogP contribution in [-0.4, -0.2) is 10.5 Å². The number of carbonyl (C=O) groups excluding carboxylic acids is 1. The zero-order chi connectivity index (χ0) is 15.9. The van der Waals surface area contributed by atoms with Gasteiger partial charge in [-0.2, -0.15) is 0 Å². The van der Waals surface area contributed by atoms with Crippen molar-refractivity contribution in [3.05, 3.63) is 68.6 Å². The topological polar surface area (TPSA) is 65.1 Å². The second-order valence-electron chi connectivity index (χ2n) is 5.34. The molecule has 1 aliphatic rings. The maximum atomic E-state index is 13.8. The number of nitrogens with two attached hydrogens (primary N) is 1. The zero-order valence-electron chi connectivity index (χ0n) is 11.7. The van der Waals surface area contributed by atoms with Crippen LogP contribution >= 0.6 is 0 Å². The van der Waals surface area contributed by atoms with Crippen molar-refractivity contribution in [1.82, 2.24) is 4.57 Å². The van der Waals surface area contributed by atoms with E-state index >= 15 is 0 Å². The molecule has 0 unspecified atom stereocenters. The number of hydrogen-bond acceptors (Lipinski definition) is 2. The van der Waals surface area contributed by atoms with Crippen LogP contribution in [0.15, 0.2) is 29.2 Å². The molecule has 1 aromatic carbocycles. The molecule has 1 aliphatic carbocycles. The quantitative estimate of drug-likeness (QED) is 0.939. The molecule has 1 amide bonds. The molecule has 0 spiro atoms. The van der Waals surface area contributed by atoms with Crippen molar-refractivity contribution >= 4 is 5.91 Å². The van der Waals surface area contributed by atoms with Gasteiger partial charge in [0.25, 0.3) is 5.91 Å². The smallest absolute Gasteiger partial charge is 0.254 e. The van der Waals surface area contributed by atoms with Crippen molar-refractivity contribution in [2.45, 2.75) is 25.8 Å². The predicted molar refractivity (Wildman–Crippen MR) is 76.7 cm³/mol. The third-order valence-corrected chi connectivity index (χ3v) is 3.99. The second-order valence-corrected chi connectivity index (χ2v) is 5.34. The van der Waals surface area contributed by atoms with Crippen molar-refractivity contribution < 1.29 is 13.6 Å². The standard InChI is InChI=1S/C16H14F2N2O2/c17-12-4-2-5-13(18)10(12)7-20-8-11(16(19)22)15(21)9-3-1-6-14(9)20/h2,4-5,8H,1,3,6-7H2,(H2,19,22). The summed E-state index contributed by atoms with van der Waals surface area (Å²) in [5, 5.41) is 0. The Labute approximate surface area is 125 Å². The van der Waals surface area contributed by atoms with Gasteiger partial charge in [0, 0.05) is 23.0 Å². The van der Waals surface area contributed by atoms with Gasteiger partial charge in [0.2, 0.25) is 0 Å². The Balaban J connectivity index is 2.16. The molecule has 1 heterocycles. The van der Waals surface area contributed by atoms with E-state index in [-0.39, 0.29) is 23.1 Å². The van der Waals surface area contributed by atoms with Gasteiger partial charge in [-0.15, -0.1) is 0 Å². The number of halogens is 2. The minimum atomic E-state index is -0.831. The van der Waals surface area contributed by atoms with E-state index in [1.54, 1.807) is 4.57 Å². The molecule has 0 aliphatic heterocycles. The SMILES string of the molecule is NC(=O)c1cn(Cc2c(F)cccc2F)c2c(c1=O)CCC2. The Hall–Kier alpha value is -2.50. The molecule has 6 heteroatoms. The van der Waals surface area contributed by atoms with Crippen LogP contribution in [0.25, 0.3) is 0 Å². The summed E-state index contributed by atoms with van der Waals surface area (Å²) >= 11 is 0. The molecule has 114 valence electrons. The monoisotopic (exact) mass is 304 g/mol. The molecule has 2 N–H and O–H groups in total. The lowest BCUT2D eigenvalue weighted by Crippen LogP contribution is -2.27. The molecule has 0 fully saturated rings. The number of aromatic nitrogens is 1. The molecule has 3 rings (SSSR count). The largest absolute Gasteiger partial charge is 0.365 e. The molecule has 0 bridgehead atoms. The first kappa shape index (κ1) is 14.4. The van der Waals surface area contributed by atoms with Gasteiger partial charge in [0.15, 0.2) is 5.43 Å². The van der Waals surface area contributed by atoms with Crippen LogP contribution in [0.5, 0.6) is 0 Å². The molecule has 0 saturated carbocycles. The first-order chi connectivity index (χ1) is 10.5. The molecule has 0 atom stereocenters. The number of nitrogens with zero attached hydrogens (tertiary/aromatic N) is 1. The van der Waals surface area contributed by atoms with Crippen LogP contribution in [0.2, 0.25) is 0 Å². The van der Waals surface area contributed by atoms with E-state index in [1.165, 1.54) is 24.4 Å². The third kappa shape index (κ3) is 2.30. The summed E-state index contributed by atoms with van der Waals surface area (Å²) in [5.74, 6) is -2.15. The number of benzene rings is 1. The lowest BCUT2D eigenvalue weighted by Gasteiger charge is -2.15. The summed E-state index contributed by atoms with van der Waals surface area (Å²) in [6.45, 7) is -0.0819. The number of fused-ring (bicyclic) bond motifs is 1. The first-order valence-corrected chi connectivity index (χ1v) is 6.97. The van der Waals surface area contributed by atoms with Crippen LogP contribution in [0.1, 0.15) is 33.6 Å². The fourth-order valence-corrected chi connectivity index (χ4v) is 2.91. The lowest BCUT2D eigenvalue weighted by molar-refractivity contribution is 0.0998. The van der Waals surface area contributed by atoms with E-state index in [9.17, 15) is 18.4 Å². The van der Waals surface area contributed by atoms with Crippen molar-refractivity contribution in [1.29, 1.82) is 0 Å². The first-order valence-electron chi connectivity index (χ1n) is 6.97. The highest BCUT2D eigenvalue weighted by Crippen LogP contribution is 2.22. The molecular weight excluding hydrogens is 290 g/mol. The molecule has 22 heavy (non-hydrogen) atoms. The fourth-order valence-electron chi connectivity index (χ4n) is 2.91. The van der Waals surface area contributed by atoms with Crippen LogP contribution in [0, 0.1) is 11.6 Å². The summed E-state index contributed by atoms with van der Waals surface area (Å²) in [7, 11) is 0. The van der Waals surface area contributed by atoms with E-state index in [1.807, 2.05) is 0 Å². The van der Waals surface area contributed by atoms with Gasteiger partial charge >= 0.3 is 0 Å². The number of primary amides is 1. The summed E-state index contributed by atoms with van der Waals surface area (Å²) in [4.78, 5) is 23.6. The Kier molecular flexibility index (Phi) is 3.52. The molecule has 0 saturated heterocycles. The highest BCUT2D eigenvalue weighted by atomic mass is 19.1. The van der Waals surface area contributed by atoms with Gasteiger partial charge in [0.05, 0.1) is 6.54 Å². The Morgan fingerprint density at radius 3 is 2.55 bits per heavy atom. The van der Waals surface area contributed by atoms with Crippen molar-refractivity contribution in [3.8, 4) is 0 Å². The normalized spacial score (nSPS) is 13.2. The van der Waals surface area contributed by atoms with Gasteiger partial charge in [0.1, 0.15) is 17.2 Å². The lowest BCUT2D eigenvalue weighted by atomic mass is 10.1. The van der Waals surface area contributed by atoms with E-state index in [0.717, 1.165) is 12.1 Å². The number of hydrogen-bond donors (Lipinski definition) is 1. The maximum Gasteiger partial charge on any atom is 0.254 e. The summed E-state index contributed by atoms with van der Waals surface area (Å²) < 4.78 is 29.2. The van der Waals surface area contributed by atoms with E-state index in [4.69, 9.17) is 5.73 Å². The average molecular weight is 304 g/mol. The Morgan fingerprint density at radius 1 is 1.23 bits per heavy atom. The summed E-state index contributed by atoms with van der Waals surface area (Å²) in [6.07, 6.45) is 3.27. The van der Waals surface area contributed by atoms with Crippen LogP contribution in [0.4, 0.5) is 8.78 Å². The van der Waals surface area contributed by atoms with Crippen molar-refractivity contribution in [2.75, 3.05) is 0 Å². The minimum Gasteiger partial charge on any atom is -0.365 e. The van der Waals surface area contributed by atoms with Crippen LogP contribution in [-0.2, 0) is 19.4 Å². The van der Waals surface area contributed by atoms with Crippen molar-refractivity contribution in [3.63, 3.8) is 0 Å². The van der Waals surface area contributed by atoms with Gasteiger partial charge < -0.3 is 10.3 Å². The van der Waals surface area contributed by atoms with Crippen molar-refractivity contribution in [2.24, 2.45) is 5.73 Å². The number of pyridine rings is 1. The van der Waals surface area contributed by atoms with Gasteiger partial charge in [-0.25, -0.2) is 8.78 Å². The fraction of sp³-hybridized carbons (Fsp3) is 0.250. The Bertz CT molecular complexity index is 807.